The van der Waals surface area contributed by atoms with Crippen LogP contribution in [0, 0.1) is 23.2 Å². The minimum atomic E-state index is 0.170. The van der Waals surface area contributed by atoms with Crippen molar-refractivity contribution in [1.82, 2.24) is 9.88 Å². The van der Waals surface area contributed by atoms with E-state index in [1.165, 1.54) is 38.5 Å². The van der Waals surface area contributed by atoms with E-state index >= 15 is 0 Å². The molecular weight excluding hydrogens is 296 g/mol. The molecule has 0 atom stereocenters. The molecule has 4 aliphatic carbocycles. The number of H-pyrrole nitrogens is 1. The molecule has 1 heterocycles. The first kappa shape index (κ1) is 14.6. The van der Waals surface area contributed by atoms with Gasteiger partial charge in [0, 0.05) is 30.7 Å². The van der Waals surface area contributed by atoms with Crippen LogP contribution in [0.4, 0.5) is 0 Å². The van der Waals surface area contributed by atoms with Crippen LogP contribution in [0.1, 0.15) is 48.9 Å². The van der Waals surface area contributed by atoms with Gasteiger partial charge < -0.3 is 9.88 Å². The van der Waals surface area contributed by atoms with Gasteiger partial charge in [0.25, 0.3) is 5.91 Å². The SMILES string of the molecule is CN(CC12CC3CC(CC(C3)C1)C2)C(=O)c1c[nH]c2ccccc12. The highest BCUT2D eigenvalue weighted by atomic mass is 16.2. The summed E-state index contributed by atoms with van der Waals surface area (Å²) in [6, 6.07) is 8.08. The molecule has 0 aliphatic heterocycles. The smallest absolute Gasteiger partial charge is 0.255 e. The van der Waals surface area contributed by atoms with Gasteiger partial charge in [0.2, 0.25) is 0 Å². The number of aromatic nitrogens is 1. The van der Waals surface area contributed by atoms with Gasteiger partial charge in [-0.3, -0.25) is 4.79 Å². The van der Waals surface area contributed by atoms with Gasteiger partial charge in [-0.25, -0.2) is 0 Å². The van der Waals surface area contributed by atoms with Gasteiger partial charge in [0.1, 0.15) is 0 Å². The number of para-hydroxylation sites is 1. The zero-order valence-electron chi connectivity index (χ0n) is 14.4. The molecule has 1 N–H and O–H groups in total. The molecule has 3 heteroatoms. The lowest BCUT2D eigenvalue weighted by molar-refractivity contribution is -0.0628. The van der Waals surface area contributed by atoms with Gasteiger partial charge in [0.15, 0.2) is 0 Å². The van der Waals surface area contributed by atoms with Gasteiger partial charge in [-0.1, -0.05) is 18.2 Å². The summed E-state index contributed by atoms with van der Waals surface area (Å²) in [6.45, 7) is 0.939. The number of nitrogens with zero attached hydrogens (tertiary/aromatic N) is 1. The molecule has 4 aliphatic rings. The molecule has 126 valence electrons. The Morgan fingerprint density at radius 2 is 1.75 bits per heavy atom. The Balaban J connectivity index is 1.39. The van der Waals surface area contributed by atoms with E-state index in [-0.39, 0.29) is 5.91 Å². The third kappa shape index (κ3) is 2.21. The van der Waals surface area contributed by atoms with Crippen LogP contribution in [0.2, 0.25) is 0 Å². The summed E-state index contributed by atoms with van der Waals surface area (Å²) in [5.74, 6) is 2.98. The predicted molar refractivity (Wildman–Crippen MR) is 95.9 cm³/mol. The first-order chi connectivity index (χ1) is 11.6. The summed E-state index contributed by atoms with van der Waals surface area (Å²) in [7, 11) is 2.00. The van der Waals surface area contributed by atoms with Crippen LogP contribution >= 0.6 is 0 Å². The van der Waals surface area contributed by atoms with Crippen molar-refractivity contribution in [3.63, 3.8) is 0 Å². The van der Waals surface area contributed by atoms with Crippen molar-refractivity contribution in [2.24, 2.45) is 23.2 Å². The lowest BCUT2D eigenvalue weighted by atomic mass is 9.49. The average molecular weight is 322 g/mol. The quantitative estimate of drug-likeness (QED) is 0.890. The Morgan fingerprint density at radius 3 is 2.42 bits per heavy atom. The summed E-state index contributed by atoms with van der Waals surface area (Å²) in [4.78, 5) is 18.3. The molecule has 6 rings (SSSR count). The van der Waals surface area contributed by atoms with E-state index in [1.807, 2.05) is 42.4 Å². The second-order valence-electron chi connectivity index (χ2n) is 8.83. The Labute approximate surface area is 143 Å². The maximum Gasteiger partial charge on any atom is 0.255 e. The number of carbonyl (C=O) groups is 1. The van der Waals surface area contributed by atoms with E-state index in [2.05, 4.69) is 4.98 Å². The van der Waals surface area contributed by atoms with Gasteiger partial charge >= 0.3 is 0 Å². The standard InChI is InChI=1S/C21H26N2O/c1-23(20(24)18-12-22-19-5-3-2-4-17(18)19)13-21-9-14-6-15(10-21)8-16(7-14)11-21/h2-5,12,14-16,22H,6-11,13H2,1H3. The number of hydrogen-bond donors (Lipinski definition) is 1. The van der Waals surface area contributed by atoms with Crippen LogP contribution in [-0.4, -0.2) is 29.4 Å². The van der Waals surface area contributed by atoms with Gasteiger partial charge in [-0.15, -0.1) is 0 Å². The number of fused-ring (bicyclic) bond motifs is 1. The van der Waals surface area contributed by atoms with Crippen molar-refractivity contribution in [3.8, 4) is 0 Å². The molecule has 3 nitrogen and oxygen atoms in total. The monoisotopic (exact) mass is 322 g/mol. The van der Waals surface area contributed by atoms with E-state index in [0.717, 1.165) is 40.8 Å². The average Bonchev–Trinajstić information content (AvgIpc) is 2.96. The van der Waals surface area contributed by atoms with E-state index in [1.54, 1.807) is 0 Å². The van der Waals surface area contributed by atoms with Crippen molar-refractivity contribution >= 4 is 16.8 Å². The molecule has 1 aromatic carbocycles. The normalized spacial score (nSPS) is 34.0. The number of nitrogens with one attached hydrogen (secondary N) is 1. The molecule has 0 radical (unpaired) electrons. The van der Waals surface area contributed by atoms with Crippen molar-refractivity contribution in [2.45, 2.75) is 38.5 Å². The van der Waals surface area contributed by atoms with E-state index in [0.29, 0.717) is 5.41 Å². The largest absolute Gasteiger partial charge is 0.360 e. The number of carbonyl (C=O) groups excluding carboxylic acids is 1. The fraction of sp³-hybridized carbons (Fsp3) is 0.571. The van der Waals surface area contributed by atoms with Crippen molar-refractivity contribution in [3.05, 3.63) is 36.0 Å². The number of hydrogen-bond acceptors (Lipinski definition) is 1. The first-order valence-electron chi connectivity index (χ1n) is 9.43. The molecule has 0 saturated heterocycles. The number of amides is 1. The van der Waals surface area contributed by atoms with Gasteiger partial charge in [-0.05, 0) is 67.8 Å². The third-order valence-electron chi connectivity index (χ3n) is 6.90. The number of aromatic amines is 1. The Hall–Kier alpha value is -1.77. The summed E-state index contributed by atoms with van der Waals surface area (Å²) in [5.41, 5.74) is 2.27. The molecule has 2 aromatic rings. The van der Waals surface area contributed by atoms with Crippen LogP contribution in [0.5, 0.6) is 0 Å². The van der Waals surface area contributed by atoms with Crippen molar-refractivity contribution in [2.75, 3.05) is 13.6 Å². The van der Waals surface area contributed by atoms with E-state index < -0.39 is 0 Å². The summed E-state index contributed by atoms with van der Waals surface area (Å²) in [5, 5.41) is 1.04. The van der Waals surface area contributed by atoms with E-state index in [4.69, 9.17) is 0 Å². The van der Waals surface area contributed by atoms with Gasteiger partial charge in [0.05, 0.1) is 5.56 Å². The van der Waals surface area contributed by atoms with Crippen molar-refractivity contribution in [1.29, 1.82) is 0 Å². The van der Waals surface area contributed by atoms with Gasteiger partial charge in [-0.2, -0.15) is 0 Å². The fourth-order valence-electron chi connectivity index (χ4n) is 6.51. The zero-order chi connectivity index (χ0) is 16.3. The molecule has 0 unspecified atom stereocenters. The Morgan fingerprint density at radius 1 is 1.12 bits per heavy atom. The van der Waals surface area contributed by atoms with Crippen LogP contribution in [-0.2, 0) is 0 Å². The lowest BCUT2D eigenvalue weighted by Gasteiger charge is -2.57. The molecule has 4 bridgehead atoms. The van der Waals surface area contributed by atoms with Crippen LogP contribution in [0.25, 0.3) is 10.9 Å². The second kappa shape index (κ2) is 5.11. The highest BCUT2D eigenvalue weighted by molar-refractivity contribution is 6.06. The Kier molecular flexibility index (Phi) is 3.10. The first-order valence-corrected chi connectivity index (χ1v) is 9.43. The summed E-state index contributed by atoms with van der Waals surface area (Å²) in [6.07, 6.45) is 10.3. The summed E-state index contributed by atoms with van der Waals surface area (Å²) >= 11 is 0. The zero-order valence-corrected chi connectivity index (χ0v) is 14.4. The minimum absolute atomic E-state index is 0.170. The lowest BCUT2D eigenvalue weighted by Crippen LogP contribution is -2.51. The van der Waals surface area contributed by atoms with E-state index in [9.17, 15) is 4.79 Å². The fourth-order valence-corrected chi connectivity index (χ4v) is 6.51. The number of rotatable bonds is 3. The maximum absolute atomic E-state index is 13.0. The predicted octanol–water partition coefficient (Wildman–Crippen LogP) is 4.46. The molecular formula is C21H26N2O. The topological polar surface area (TPSA) is 36.1 Å². The van der Waals surface area contributed by atoms with Crippen LogP contribution < -0.4 is 0 Å². The third-order valence-corrected chi connectivity index (χ3v) is 6.90. The highest BCUT2D eigenvalue weighted by Crippen LogP contribution is 2.60. The van der Waals surface area contributed by atoms with Crippen molar-refractivity contribution < 1.29 is 4.79 Å². The molecule has 24 heavy (non-hydrogen) atoms. The minimum Gasteiger partial charge on any atom is -0.360 e. The number of benzene rings is 1. The molecule has 0 spiro atoms. The molecule has 4 fully saturated rings. The molecule has 1 amide bonds. The van der Waals surface area contributed by atoms with Crippen LogP contribution in [0.3, 0.4) is 0 Å². The molecule has 1 aromatic heterocycles. The van der Waals surface area contributed by atoms with Crippen LogP contribution in [0.15, 0.2) is 30.5 Å². The Bertz CT molecular complexity index is 755. The highest BCUT2D eigenvalue weighted by Gasteiger charge is 2.51. The summed E-state index contributed by atoms with van der Waals surface area (Å²) < 4.78 is 0. The maximum atomic E-state index is 13.0. The molecule has 4 saturated carbocycles. The second-order valence-corrected chi connectivity index (χ2v) is 8.83.